The van der Waals surface area contributed by atoms with E-state index in [0.29, 0.717) is 5.75 Å². The molecule has 5 amide bonds. The molecule has 2 atom stereocenters. The predicted octanol–water partition coefficient (Wildman–Crippen LogP) is 1.53. The lowest BCUT2D eigenvalue weighted by atomic mass is 9.69. The Morgan fingerprint density at radius 3 is 2.58 bits per heavy atom. The van der Waals surface area contributed by atoms with E-state index in [1.165, 1.54) is 24.3 Å². The lowest BCUT2D eigenvalue weighted by Gasteiger charge is -2.53. The molecule has 3 aliphatic rings. The van der Waals surface area contributed by atoms with E-state index in [1.54, 1.807) is 11.8 Å². The summed E-state index contributed by atoms with van der Waals surface area (Å²) in [6, 6.07) is 12.5. The van der Waals surface area contributed by atoms with Crippen molar-refractivity contribution in [2.24, 2.45) is 11.1 Å². The molecule has 8 nitrogen and oxygen atoms in total. The average molecular weight is 436 g/mol. The molecule has 2 fully saturated rings. The van der Waals surface area contributed by atoms with Crippen molar-refractivity contribution in [2.45, 2.75) is 12.5 Å². The third kappa shape index (κ3) is 2.83. The lowest BCUT2D eigenvalue weighted by molar-refractivity contribution is -0.144. The van der Waals surface area contributed by atoms with Crippen molar-refractivity contribution in [3.63, 3.8) is 0 Å². The molecule has 5 rings (SSSR count). The largest absolute Gasteiger partial charge is 0.366 e. The van der Waals surface area contributed by atoms with Gasteiger partial charge in [0.05, 0.1) is 11.7 Å². The average Bonchev–Trinajstić information content (AvgIpc) is 2.78. The van der Waals surface area contributed by atoms with Gasteiger partial charge in [0.15, 0.2) is 5.41 Å². The van der Waals surface area contributed by atoms with E-state index >= 15 is 0 Å². The van der Waals surface area contributed by atoms with Crippen molar-refractivity contribution in [3.05, 3.63) is 59.7 Å². The highest BCUT2D eigenvalue weighted by molar-refractivity contribution is 7.99. The number of hydrogen-bond acceptors (Lipinski definition) is 6. The minimum atomic E-state index is -1.42. The van der Waals surface area contributed by atoms with Crippen LogP contribution in [0.3, 0.4) is 0 Å². The topological polar surface area (TPSA) is 113 Å². The molecule has 0 aliphatic carbocycles. The summed E-state index contributed by atoms with van der Waals surface area (Å²) in [5.41, 5.74) is 6.37. The van der Waals surface area contributed by atoms with Crippen LogP contribution >= 0.6 is 11.8 Å². The summed E-state index contributed by atoms with van der Waals surface area (Å²) in [5.74, 6) is -0.199. The Balaban J connectivity index is 1.62. The monoisotopic (exact) mass is 436 g/mol. The Labute approximate surface area is 182 Å². The van der Waals surface area contributed by atoms with Crippen molar-refractivity contribution >= 4 is 46.9 Å². The summed E-state index contributed by atoms with van der Waals surface area (Å²) < 4.78 is 0. The number of anilines is 2. The van der Waals surface area contributed by atoms with Crippen LogP contribution in [0.4, 0.5) is 16.2 Å². The van der Waals surface area contributed by atoms with Gasteiger partial charge in [-0.05, 0) is 42.3 Å². The van der Waals surface area contributed by atoms with Gasteiger partial charge in [0, 0.05) is 29.3 Å². The number of thioether (sulfide) groups is 1. The maximum absolute atomic E-state index is 13.9. The highest BCUT2D eigenvalue weighted by Crippen LogP contribution is 2.47. The second-order valence-electron chi connectivity index (χ2n) is 7.87. The number of nitrogens with zero attached hydrogens (tertiary/aromatic N) is 2. The van der Waals surface area contributed by atoms with Gasteiger partial charge in [-0.2, -0.15) is 11.8 Å². The molecular formula is C22H20N4O4S. The zero-order valence-corrected chi connectivity index (χ0v) is 17.4. The molecule has 0 bridgehead atoms. The maximum atomic E-state index is 13.9. The quantitative estimate of drug-likeness (QED) is 0.691. The summed E-state index contributed by atoms with van der Waals surface area (Å²) in [6.45, 7) is 0.718. The van der Waals surface area contributed by atoms with Crippen LogP contribution in [0, 0.1) is 5.41 Å². The number of para-hydroxylation sites is 1. The number of benzene rings is 2. The fourth-order valence-electron chi connectivity index (χ4n) is 4.77. The van der Waals surface area contributed by atoms with E-state index in [9.17, 15) is 19.2 Å². The molecule has 3 heterocycles. The number of hydrogen-bond donors (Lipinski definition) is 2. The van der Waals surface area contributed by atoms with Crippen LogP contribution < -0.4 is 20.9 Å². The number of nitrogens with two attached hydrogens (primary N) is 1. The van der Waals surface area contributed by atoms with Crippen LogP contribution in [-0.2, 0) is 16.0 Å². The van der Waals surface area contributed by atoms with E-state index in [2.05, 4.69) is 10.2 Å². The Hall–Kier alpha value is -3.33. The van der Waals surface area contributed by atoms with Crippen LogP contribution in [0.2, 0.25) is 0 Å². The minimum absolute atomic E-state index is 0.221. The van der Waals surface area contributed by atoms with Crippen molar-refractivity contribution in [3.8, 4) is 0 Å². The number of carbonyl (C=O) groups excluding carboxylic acids is 4. The molecule has 2 aromatic rings. The van der Waals surface area contributed by atoms with Gasteiger partial charge in [-0.25, -0.2) is 9.69 Å². The van der Waals surface area contributed by atoms with Gasteiger partial charge in [0.1, 0.15) is 0 Å². The van der Waals surface area contributed by atoms with Gasteiger partial charge in [-0.15, -0.1) is 0 Å². The number of fused-ring (bicyclic) bond motifs is 4. The van der Waals surface area contributed by atoms with Gasteiger partial charge >= 0.3 is 6.03 Å². The SMILES string of the molecule is NC(=O)c1ccc(N2C(=O)NC(=O)[C@]3(Cc4ccccc4N4CCSC[C@H]43)C2=O)cc1. The zero-order chi connectivity index (χ0) is 21.8. The van der Waals surface area contributed by atoms with Crippen LogP contribution in [0.1, 0.15) is 15.9 Å². The van der Waals surface area contributed by atoms with Crippen molar-refractivity contribution in [2.75, 3.05) is 27.9 Å². The first-order chi connectivity index (χ1) is 14.9. The number of urea groups is 1. The molecule has 3 N–H and O–H groups in total. The highest BCUT2D eigenvalue weighted by atomic mass is 32.2. The van der Waals surface area contributed by atoms with Crippen LogP contribution in [0.5, 0.6) is 0 Å². The molecule has 2 aromatic carbocycles. The molecule has 158 valence electrons. The normalized spacial score (nSPS) is 25.2. The molecule has 1 spiro atoms. The number of nitrogens with one attached hydrogen (secondary N) is 1. The van der Waals surface area contributed by atoms with E-state index in [-0.39, 0.29) is 23.7 Å². The number of barbiturate groups is 1. The van der Waals surface area contributed by atoms with Gasteiger partial charge < -0.3 is 10.6 Å². The molecule has 0 saturated carbocycles. The second kappa shape index (κ2) is 7.12. The van der Waals surface area contributed by atoms with E-state index in [4.69, 9.17) is 5.73 Å². The van der Waals surface area contributed by atoms with Crippen LogP contribution in [0.15, 0.2) is 48.5 Å². The van der Waals surface area contributed by atoms with Crippen LogP contribution in [-0.4, -0.2) is 47.8 Å². The number of primary amides is 1. The van der Waals surface area contributed by atoms with Crippen molar-refractivity contribution in [1.29, 1.82) is 0 Å². The van der Waals surface area contributed by atoms with Gasteiger partial charge in [-0.1, -0.05) is 18.2 Å². The van der Waals surface area contributed by atoms with Gasteiger partial charge in [0.2, 0.25) is 11.8 Å². The minimum Gasteiger partial charge on any atom is -0.366 e. The van der Waals surface area contributed by atoms with Crippen LogP contribution in [0.25, 0.3) is 0 Å². The second-order valence-corrected chi connectivity index (χ2v) is 9.02. The Morgan fingerprint density at radius 2 is 1.84 bits per heavy atom. The Morgan fingerprint density at radius 1 is 1.10 bits per heavy atom. The number of carbonyl (C=O) groups is 4. The number of rotatable bonds is 2. The number of amides is 5. The zero-order valence-electron chi connectivity index (χ0n) is 16.5. The first kappa shape index (κ1) is 19.6. The maximum Gasteiger partial charge on any atom is 0.335 e. The molecule has 0 unspecified atom stereocenters. The van der Waals surface area contributed by atoms with E-state index in [1.807, 2.05) is 24.3 Å². The molecule has 0 radical (unpaired) electrons. The summed E-state index contributed by atoms with van der Waals surface area (Å²) in [6.07, 6.45) is 0.221. The summed E-state index contributed by atoms with van der Waals surface area (Å²) in [4.78, 5) is 54.5. The molecule has 31 heavy (non-hydrogen) atoms. The summed E-state index contributed by atoms with van der Waals surface area (Å²) >= 11 is 1.70. The third-order valence-corrected chi connectivity index (χ3v) is 7.31. The molecule has 9 heteroatoms. The van der Waals surface area contributed by atoms with E-state index in [0.717, 1.165) is 28.4 Å². The standard InChI is InChI=1S/C22H20N4O4S/c23-18(27)13-5-7-15(8-6-13)26-20(29)22(19(28)24-21(26)30)11-14-3-1-2-4-16(14)25-9-10-31-12-17(22)25/h1-8,17H,9-12H2,(H2,23,27)(H,24,28,30)/t17-,22+/m0/s1. The first-order valence-corrected chi connectivity index (χ1v) is 11.1. The molecule has 0 aromatic heterocycles. The summed E-state index contributed by atoms with van der Waals surface area (Å²) in [7, 11) is 0. The Kier molecular flexibility index (Phi) is 4.51. The molecule has 2 saturated heterocycles. The molecular weight excluding hydrogens is 416 g/mol. The number of imide groups is 2. The molecule has 3 aliphatic heterocycles. The predicted molar refractivity (Wildman–Crippen MR) is 117 cm³/mol. The summed E-state index contributed by atoms with van der Waals surface area (Å²) in [5, 5.41) is 2.42. The van der Waals surface area contributed by atoms with Crippen molar-refractivity contribution in [1.82, 2.24) is 5.32 Å². The van der Waals surface area contributed by atoms with Gasteiger partial charge in [0.25, 0.3) is 5.91 Å². The van der Waals surface area contributed by atoms with Crippen molar-refractivity contribution < 1.29 is 19.2 Å². The fraction of sp³-hybridized carbons (Fsp3) is 0.273. The Bertz CT molecular complexity index is 1120. The fourth-order valence-corrected chi connectivity index (χ4v) is 5.95. The smallest absolute Gasteiger partial charge is 0.335 e. The third-order valence-electron chi connectivity index (χ3n) is 6.29. The lowest BCUT2D eigenvalue weighted by Crippen LogP contribution is -2.73. The first-order valence-electron chi connectivity index (χ1n) is 9.95. The van der Waals surface area contributed by atoms with Gasteiger partial charge in [-0.3, -0.25) is 19.7 Å². The highest BCUT2D eigenvalue weighted by Gasteiger charge is 2.62. The van der Waals surface area contributed by atoms with E-state index < -0.39 is 29.2 Å².